The Morgan fingerprint density at radius 1 is 0.923 bits per heavy atom. The lowest BCUT2D eigenvalue weighted by molar-refractivity contribution is 0.208. The van der Waals surface area contributed by atoms with E-state index in [9.17, 15) is 0 Å². The van der Waals surface area contributed by atoms with Crippen molar-refractivity contribution in [3.63, 3.8) is 0 Å². The average Bonchev–Trinajstić information content (AvgIpc) is 2.03. The van der Waals surface area contributed by atoms with E-state index in [4.69, 9.17) is 12.6 Å². The van der Waals surface area contributed by atoms with E-state index < -0.39 is 0 Å². The summed E-state index contributed by atoms with van der Waals surface area (Å²) in [5, 5.41) is 0.567. The molecular formula is C12H26S. The van der Waals surface area contributed by atoms with E-state index in [1.54, 1.807) is 0 Å². The van der Waals surface area contributed by atoms with Gasteiger partial charge in [0.25, 0.3) is 0 Å². The fourth-order valence-electron chi connectivity index (χ4n) is 2.12. The van der Waals surface area contributed by atoms with E-state index in [1.807, 2.05) is 0 Å². The van der Waals surface area contributed by atoms with Gasteiger partial charge < -0.3 is 0 Å². The van der Waals surface area contributed by atoms with E-state index in [-0.39, 0.29) is 0 Å². The van der Waals surface area contributed by atoms with Gasteiger partial charge in [-0.1, -0.05) is 41.5 Å². The van der Waals surface area contributed by atoms with Gasteiger partial charge in [0.05, 0.1) is 0 Å². The van der Waals surface area contributed by atoms with E-state index >= 15 is 0 Å². The molecule has 0 fully saturated rings. The molecule has 0 amide bonds. The van der Waals surface area contributed by atoms with Crippen LogP contribution in [-0.4, -0.2) is 5.25 Å². The lowest BCUT2D eigenvalue weighted by atomic mass is 9.76. The molecule has 0 spiro atoms. The van der Waals surface area contributed by atoms with Crippen molar-refractivity contribution in [3.8, 4) is 0 Å². The number of rotatable bonds is 5. The molecule has 0 aromatic carbocycles. The highest BCUT2D eigenvalue weighted by Crippen LogP contribution is 2.33. The molecule has 0 radical (unpaired) electrons. The monoisotopic (exact) mass is 202 g/mol. The van der Waals surface area contributed by atoms with Crippen molar-refractivity contribution in [2.24, 2.45) is 23.7 Å². The molecule has 0 rings (SSSR count). The zero-order chi connectivity index (χ0) is 10.6. The summed E-state index contributed by atoms with van der Waals surface area (Å²) in [7, 11) is 0. The summed E-state index contributed by atoms with van der Waals surface area (Å²) in [6.07, 6.45) is 1.18. The van der Waals surface area contributed by atoms with Gasteiger partial charge in [0.1, 0.15) is 0 Å². The molecule has 0 saturated heterocycles. The summed E-state index contributed by atoms with van der Waals surface area (Å²) >= 11 is 4.70. The Balaban J connectivity index is 4.41. The van der Waals surface area contributed by atoms with Gasteiger partial charge in [-0.05, 0) is 30.1 Å². The maximum atomic E-state index is 4.70. The second kappa shape index (κ2) is 5.95. The molecule has 0 N–H and O–H groups in total. The summed E-state index contributed by atoms with van der Waals surface area (Å²) in [5.74, 6) is 3.06. The Hall–Kier alpha value is 0.350. The first-order valence-corrected chi connectivity index (χ1v) is 6.11. The first-order valence-electron chi connectivity index (χ1n) is 5.59. The molecular weight excluding hydrogens is 176 g/mol. The van der Waals surface area contributed by atoms with Crippen molar-refractivity contribution in [2.75, 3.05) is 0 Å². The predicted octanol–water partition coefficient (Wildman–Crippen LogP) is 4.26. The zero-order valence-corrected chi connectivity index (χ0v) is 10.9. The first kappa shape index (κ1) is 13.4. The number of hydrogen-bond acceptors (Lipinski definition) is 1. The Bertz CT molecular complexity index is 129. The standard InChI is InChI=1S/C12H26S/c1-7-11(13)12(9(4)5)10(6)8(2)3/h8-13H,7H2,1-6H3. The van der Waals surface area contributed by atoms with Crippen LogP contribution in [0.15, 0.2) is 0 Å². The minimum atomic E-state index is 0.567. The molecule has 0 aliphatic heterocycles. The summed E-state index contributed by atoms with van der Waals surface area (Å²) < 4.78 is 0. The lowest BCUT2D eigenvalue weighted by Gasteiger charge is -2.34. The first-order chi connectivity index (χ1) is 5.91. The summed E-state index contributed by atoms with van der Waals surface area (Å²) in [5.41, 5.74) is 0. The van der Waals surface area contributed by atoms with E-state index in [2.05, 4.69) is 41.5 Å². The molecule has 1 heteroatoms. The highest BCUT2D eigenvalue weighted by molar-refractivity contribution is 7.81. The van der Waals surface area contributed by atoms with Crippen LogP contribution in [0.3, 0.4) is 0 Å². The van der Waals surface area contributed by atoms with Crippen LogP contribution < -0.4 is 0 Å². The van der Waals surface area contributed by atoms with Crippen LogP contribution >= 0.6 is 12.6 Å². The molecule has 0 heterocycles. The van der Waals surface area contributed by atoms with Gasteiger partial charge in [0.2, 0.25) is 0 Å². The van der Waals surface area contributed by atoms with Crippen molar-refractivity contribution in [2.45, 2.75) is 53.2 Å². The number of hydrogen-bond donors (Lipinski definition) is 1. The van der Waals surface area contributed by atoms with Crippen LogP contribution in [0.25, 0.3) is 0 Å². The van der Waals surface area contributed by atoms with Crippen molar-refractivity contribution in [1.82, 2.24) is 0 Å². The maximum absolute atomic E-state index is 4.70. The fourth-order valence-corrected chi connectivity index (χ4v) is 2.73. The largest absolute Gasteiger partial charge is 0.176 e. The van der Waals surface area contributed by atoms with Crippen molar-refractivity contribution < 1.29 is 0 Å². The zero-order valence-electron chi connectivity index (χ0n) is 10.0. The summed E-state index contributed by atoms with van der Waals surface area (Å²) in [4.78, 5) is 0. The van der Waals surface area contributed by atoms with Crippen LogP contribution in [0.5, 0.6) is 0 Å². The normalized spacial score (nSPS) is 19.2. The minimum Gasteiger partial charge on any atom is -0.176 e. The van der Waals surface area contributed by atoms with E-state index in [0.717, 1.165) is 23.7 Å². The second-order valence-corrected chi connectivity index (χ2v) is 5.56. The average molecular weight is 202 g/mol. The summed E-state index contributed by atoms with van der Waals surface area (Å²) in [6.45, 7) is 13.9. The van der Waals surface area contributed by atoms with Gasteiger partial charge in [-0.15, -0.1) is 0 Å². The highest BCUT2D eigenvalue weighted by atomic mass is 32.1. The maximum Gasteiger partial charge on any atom is 0.00475 e. The minimum absolute atomic E-state index is 0.567. The second-order valence-electron chi connectivity index (χ2n) is 4.90. The van der Waals surface area contributed by atoms with Crippen LogP contribution in [0, 0.1) is 23.7 Å². The molecule has 0 aromatic heterocycles. The van der Waals surface area contributed by atoms with Gasteiger partial charge in [0.15, 0.2) is 0 Å². The number of thiol groups is 1. The van der Waals surface area contributed by atoms with E-state index in [1.165, 1.54) is 6.42 Å². The van der Waals surface area contributed by atoms with Crippen LogP contribution in [0.1, 0.15) is 48.0 Å². The molecule has 3 atom stereocenters. The van der Waals surface area contributed by atoms with Gasteiger partial charge in [0, 0.05) is 5.25 Å². The quantitative estimate of drug-likeness (QED) is 0.633. The molecule has 0 saturated carbocycles. The molecule has 0 aromatic rings. The molecule has 3 unspecified atom stereocenters. The van der Waals surface area contributed by atoms with Gasteiger partial charge in [-0.25, -0.2) is 0 Å². The summed E-state index contributed by atoms with van der Waals surface area (Å²) in [6, 6.07) is 0. The molecule has 80 valence electrons. The van der Waals surface area contributed by atoms with Crippen LogP contribution in [0.4, 0.5) is 0 Å². The lowest BCUT2D eigenvalue weighted by Crippen LogP contribution is -2.30. The molecule has 0 aliphatic rings. The molecule has 13 heavy (non-hydrogen) atoms. The van der Waals surface area contributed by atoms with Gasteiger partial charge in [-0.3, -0.25) is 0 Å². The Kier molecular flexibility index (Phi) is 6.11. The SMILES string of the molecule is CCC(S)C(C(C)C)C(C)C(C)C. The van der Waals surface area contributed by atoms with Crippen molar-refractivity contribution >= 4 is 12.6 Å². The molecule has 0 nitrogen and oxygen atoms in total. The van der Waals surface area contributed by atoms with Crippen LogP contribution in [0.2, 0.25) is 0 Å². The Morgan fingerprint density at radius 3 is 1.62 bits per heavy atom. The third kappa shape index (κ3) is 3.93. The van der Waals surface area contributed by atoms with Crippen LogP contribution in [-0.2, 0) is 0 Å². The Labute approximate surface area is 89.9 Å². The van der Waals surface area contributed by atoms with Gasteiger partial charge >= 0.3 is 0 Å². The van der Waals surface area contributed by atoms with Crippen molar-refractivity contribution in [1.29, 1.82) is 0 Å². The third-order valence-corrected chi connectivity index (χ3v) is 4.00. The smallest absolute Gasteiger partial charge is 0.00475 e. The highest BCUT2D eigenvalue weighted by Gasteiger charge is 2.27. The Morgan fingerprint density at radius 2 is 1.38 bits per heavy atom. The third-order valence-electron chi connectivity index (χ3n) is 3.29. The fraction of sp³-hybridized carbons (Fsp3) is 1.00. The molecule has 0 aliphatic carbocycles. The van der Waals surface area contributed by atoms with Gasteiger partial charge in [-0.2, -0.15) is 12.6 Å². The predicted molar refractivity (Wildman–Crippen MR) is 65.4 cm³/mol. The molecule has 0 bridgehead atoms. The topological polar surface area (TPSA) is 0 Å². The van der Waals surface area contributed by atoms with Crippen molar-refractivity contribution in [3.05, 3.63) is 0 Å². The van der Waals surface area contributed by atoms with E-state index in [0.29, 0.717) is 5.25 Å².